The normalized spacial score (nSPS) is 12.2. The highest BCUT2D eigenvalue weighted by Gasteiger charge is 2.14. The second kappa shape index (κ2) is 7.38. The van der Waals surface area contributed by atoms with E-state index in [-0.39, 0.29) is 5.82 Å². The second-order valence-corrected chi connectivity index (χ2v) is 5.22. The molecule has 1 aromatic carbocycles. The second-order valence-electron chi connectivity index (χ2n) is 4.81. The van der Waals surface area contributed by atoms with Gasteiger partial charge in [0, 0.05) is 22.8 Å². The van der Waals surface area contributed by atoms with Crippen molar-refractivity contribution in [1.29, 1.82) is 0 Å². The van der Waals surface area contributed by atoms with Crippen molar-refractivity contribution in [3.8, 4) is 5.75 Å². The molecule has 1 aromatic heterocycles. The van der Waals surface area contributed by atoms with Crippen molar-refractivity contribution in [2.45, 2.75) is 25.8 Å². The molecule has 0 aliphatic heterocycles. The van der Waals surface area contributed by atoms with E-state index in [0.717, 1.165) is 12.0 Å². The molecule has 0 saturated carbocycles. The smallest absolute Gasteiger partial charge is 0.137 e. The first kappa shape index (κ1) is 15.7. The van der Waals surface area contributed by atoms with Gasteiger partial charge in [0.05, 0.1) is 12.8 Å². The molecule has 0 aliphatic carbocycles. The Bertz CT molecular complexity index is 586. The summed E-state index contributed by atoms with van der Waals surface area (Å²) in [6.07, 6.45) is 4.53. The summed E-state index contributed by atoms with van der Waals surface area (Å²) in [5.41, 5.74) is 7.36. The molecule has 0 spiro atoms. The number of nitrogens with zero attached hydrogens (tertiary/aromatic N) is 1. The molecule has 21 heavy (non-hydrogen) atoms. The molecule has 0 fully saturated rings. The summed E-state index contributed by atoms with van der Waals surface area (Å²) in [6, 6.07) is 6.06. The Kier molecular flexibility index (Phi) is 5.53. The first-order valence-electron chi connectivity index (χ1n) is 6.88. The average molecular weight is 309 g/mol. The average Bonchev–Trinajstić information content (AvgIpc) is 2.49. The van der Waals surface area contributed by atoms with Gasteiger partial charge in [-0.05, 0) is 36.6 Å². The number of ether oxygens (including phenoxy) is 1. The third-order valence-corrected chi connectivity index (χ3v) is 3.48. The van der Waals surface area contributed by atoms with Crippen LogP contribution in [0.1, 0.15) is 30.5 Å². The molecule has 1 unspecified atom stereocenters. The van der Waals surface area contributed by atoms with Gasteiger partial charge in [0.15, 0.2) is 0 Å². The predicted molar refractivity (Wildman–Crippen MR) is 82.1 cm³/mol. The molecule has 1 atom stereocenters. The SMILES string of the molecule is CCCOc1cncc(C(N)Cc2c(F)cccc2Cl)c1. The van der Waals surface area contributed by atoms with Crippen molar-refractivity contribution in [3.05, 3.63) is 58.6 Å². The minimum absolute atomic E-state index is 0.310. The Morgan fingerprint density at radius 1 is 1.38 bits per heavy atom. The fourth-order valence-electron chi connectivity index (χ4n) is 2.00. The van der Waals surface area contributed by atoms with Crippen LogP contribution in [0.5, 0.6) is 5.75 Å². The Morgan fingerprint density at radius 3 is 2.90 bits per heavy atom. The summed E-state index contributed by atoms with van der Waals surface area (Å²) in [4.78, 5) is 4.11. The minimum Gasteiger partial charge on any atom is -0.492 e. The molecule has 1 heterocycles. The summed E-state index contributed by atoms with van der Waals surface area (Å²) in [5.74, 6) is 0.328. The number of nitrogens with two attached hydrogens (primary N) is 1. The van der Waals surface area contributed by atoms with Crippen molar-refractivity contribution in [2.75, 3.05) is 6.61 Å². The van der Waals surface area contributed by atoms with E-state index < -0.39 is 6.04 Å². The summed E-state index contributed by atoms with van der Waals surface area (Å²) >= 11 is 6.02. The van der Waals surface area contributed by atoms with Crippen LogP contribution in [0, 0.1) is 5.82 Å². The lowest BCUT2D eigenvalue weighted by Crippen LogP contribution is -2.15. The molecule has 0 amide bonds. The molecule has 0 aliphatic rings. The number of halogens is 2. The van der Waals surface area contributed by atoms with Crippen LogP contribution in [0.2, 0.25) is 5.02 Å². The van der Waals surface area contributed by atoms with E-state index in [4.69, 9.17) is 22.1 Å². The summed E-state index contributed by atoms with van der Waals surface area (Å²) in [5, 5.41) is 0.386. The zero-order valence-corrected chi connectivity index (χ0v) is 12.6. The van der Waals surface area contributed by atoms with E-state index in [2.05, 4.69) is 4.98 Å². The van der Waals surface area contributed by atoms with Crippen LogP contribution in [0.15, 0.2) is 36.7 Å². The van der Waals surface area contributed by atoms with E-state index in [1.165, 1.54) is 6.07 Å². The molecule has 3 nitrogen and oxygen atoms in total. The number of rotatable bonds is 6. The largest absolute Gasteiger partial charge is 0.492 e. The Morgan fingerprint density at radius 2 is 2.19 bits per heavy atom. The predicted octanol–water partition coefficient (Wildman–Crippen LogP) is 3.91. The van der Waals surface area contributed by atoms with Crippen molar-refractivity contribution in [1.82, 2.24) is 4.98 Å². The zero-order chi connectivity index (χ0) is 15.2. The van der Waals surface area contributed by atoms with Gasteiger partial charge >= 0.3 is 0 Å². The van der Waals surface area contributed by atoms with Crippen LogP contribution in [0.3, 0.4) is 0 Å². The first-order valence-corrected chi connectivity index (χ1v) is 7.25. The van der Waals surface area contributed by atoms with Crippen LogP contribution in [0.4, 0.5) is 4.39 Å². The van der Waals surface area contributed by atoms with Crippen LogP contribution in [0.25, 0.3) is 0 Å². The maximum Gasteiger partial charge on any atom is 0.137 e. The maximum absolute atomic E-state index is 13.8. The first-order chi connectivity index (χ1) is 10.1. The fraction of sp³-hybridized carbons (Fsp3) is 0.312. The molecule has 0 saturated heterocycles. The molecule has 2 rings (SSSR count). The van der Waals surface area contributed by atoms with Gasteiger partial charge in [0.2, 0.25) is 0 Å². The quantitative estimate of drug-likeness (QED) is 0.880. The van der Waals surface area contributed by atoms with Gasteiger partial charge in [-0.2, -0.15) is 0 Å². The minimum atomic E-state index is -0.392. The third kappa shape index (κ3) is 4.16. The summed E-state index contributed by atoms with van der Waals surface area (Å²) < 4.78 is 19.3. The highest BCUT2D eigenvalue weighted by Crippen LogP contribution is 2.25. The summed E-state index contributed by atoms with van der Waals surface area (Å²) in [7, 11) is 0. The molecule has 112 valence electrons. The van der Waals surface area contributed by atoms with Crippen LogP contribution >= 0.6 is 11.6 Å². The van der Waals surface area contributed by atoms with E-state index >= 15 is 0 Å². The Labute approximate surface area is 128 Å². The van der Waals surface area contributed by atoms with Gasteiger partial charge in [0.1, 0.15) is 11.6 Å². The number of benzene rings is 1. The van der Waals surface area contributed by atoms with Gasteiger partial charge in [-0.1, -0.05) is 24.6 Å². The topological polar surface area (TPSA) is 48.1 Å². The Balaban J connectivity index is 2.14. The molecule has 2 aromatic rings. The van der Waals surface area contributed by atoms with Gasteiger partial charge in [-0.25, -0.2) is 4.39 Å². The van der Waals surface area contributed by atoms with Gasteiger partial charge in [-0.3, -0.25) is 4.98 Å². The number of aromatic nitrogens is 1. The molecular weight excluding hydrogens is 291 g/mol. The van der Waals surface area contributed by atoms with Crippen molar-refractivity contribution >= 4 is 11.6 Å². The molecule has 2 N–H and O–H groups in total. The third-order valence-electron chi connectivity index (χ3n) is 3.12. The number of hydrogen-bond acceptors (Lipinski definition) is 3. The van der Waals surface area contributed by atoms with Crippen molar-refractivity contribution < 1.29 is 9.13 Å². The molecular formula is C16H18ClFN2O. The monoisotopic (exact) mass is 308 g/mol. The molecule has 0 radical (unpaired) electrons. The lowest BCUT2D eigenvalue weighted by molar-refractivity contribution is 0.315. The van der Waals surface area contributed by atoms with Crippen LogP contribution < -0.4 is 10.5 Å². The van der Waals surface area contributed by atoms with Crippen molar-refractivity contribution in [2.24, 2.45) is 5.73 Å². The maximum atomic E-state index is 13.8. The Hall–Kier alpha value is -1.65. The van der Waals surface area contributed by atoms with Gasteiger partial charge in [0.25, 0.3) is 0 Å². The standard InChI is InChI=1S/C16H18ClFN2O/c1-2-6-21-12-7-11(9-20-10-12)16(19)8-13-14(17)4-3-5-15(13)18/h3-5,7,9-10,16H,2,6,8,19H2,1H3. The zero-order valence-electron chi connectivity index (χ0n) is 11.9. The lowest BCUT2D eigenvalue weighted by atomic mass is 10.0. The summed E-state index contributed by atoms with van der Waals surface area (Å²) in [6.45, 7) is 2.66. The van der Waals surface area contributed by atoms with E-state index in [1.54, 1.807) is 24.5 Å². The van der Waals surface area contributed by atoms with Gasteiger partial charge < -0.3 is 10.5 Å². The molecule has 0 bridgehead atoms. The number of pyridine rings is 1. The highest BCUT2D eigenvalue weighted by atomic mass is 35.5. The van der Waals surface area contributed by atoms with Gasteiger partial charge in [-0.15, -0.1) is 0 Å². The van der Waals surface area contributed by atoms with Crippen LogP contribution in [-0.4, -0.2) is 11.6 Å². The lowest BCUT2D eigenvalue weighted by Gasteiger charge is -2.14. The van der Waals surface area contributed by atoms with E-state index in [0.29, 0.717) is 29.4 Å². The number of hydrogen-bond donors (Lipinski definition) is 1. The highest BCUT2D eigenvalue weighted by molar-refractivity contribution is 6.31. The molecule has 5 heteroatoms. The van der Waals surface area contributed by atoms with E-state index in [9.17, 15) is 4.39 Å². The van der Waals surface area contributed by atoms with E-state index in [1.807, 2.05) is 13.0 Å². The fourth-order valence-corrected chi connectivity index (χ4v) is 2.24. The van der Waals surface area contributed by atoms with Crippen molar-refractivity contribution in [3.63, 3.8) is 0 Å². The van der Waals surface area contributed by atoms with Crippen LogP contribution in [-0.2, 0) is 6.42 Å².